The van der Waals surface area contributed by atoms with E-state index in [1.807, 2.05) is 22.7 Å². The Morgan fingerprint density at radius 3 is 1.43 bits per heavy atom. The van der Waals surface area contributed by atoms with Crippen LogP contribution in [0.5, 0.6) is 0 Å². The molecule has 3 heterocycles. The minimum Gasteiger partial charge on any atom is -0.309 e. The number of fused-ring (bicyclic) bond motifs is 9. The highest BCUT2D eigenvalue weighted by molar-refractivity contribution is 7.26. The molecule has 0 unspecified atom stereocenters. The molecule has 0 saturated heterocycles. The molecule has 0 saturated carbocycles. The third kappa shape index (κ3) is 4.52. The lowest BCUT2D eigenvalue weighted by Crippen LogP contribution is -1.95. The Bertz CT molecular complexity index is 3120. The Morgan fingerprint density at radius 2 is 0.784 bits per heavy atom. The second-order valence-corrected chi connectivity index (χ2v) is 15.5. The number of thiophene rings is 2. The SMILES string of the molecule is c1ccc(-c2ccc(-n3c4ccccc4c4cc(-c5ccc6sc7ccccc7c6c5)c(-c5ccc6sc7ccccc7c6c5)cc43)cc2)cc1. The van der Waals surface area contributed by atoms with E-state index in [0.717, 1.165) is 5.69 Å². The van der Waals surface area contributed by atoms with Crippen molar-refractivity contribution in [3.05, 3.63) is 176 Å². The Balaban J connectivity index is 1.20. The molecule has 0 fully saturated rings. The van der Waals surface area contributed by atoms with Gasteiger partial charge in [0.15, 0.2) is 0 Å². The molecule has 0 aliphatic rings. The molecule has 8 aromatic carbocycles. The first-order valence-electron chi connectivity index (χ1n) is 17.3. The van der Waals surface area contributed by atoms with Crippen LogP contribution in [0.25, 0.3) is 101 Å². The number of hydrogen-bond donors (Lipinski definition) is 0. The largest absolute Gasteiger partial charge is 0.309 e. The molecule has 11 rings (SSSR count). The van der Waals surface area contributed by atoms with Crippen LogP contribution in [0.2, 0.25) is 0 Å². The second-order valence-electron chi connectivity index (χ2n) is 13.3. The maximum absolute atomic E-state index is 2.45. The van der Waals surface area contributed by atoms with Crippen LogP contribution in [0, 0.1) is 0 Å². The summed E-state index contributed by atoms with van der Waals surface area (Å²) in [6, 6.07) is 65.1. The highest BCUT2D eigenvalue weighted by Gasteiger charge is 2.19. The van der Waals surface area contributed by atoms with Gasteiger partial charge in [0.1, 0.15) is 0 Å². The summed E-state index contributed by atoms with van der Waals surface area (Å²) in [5, 5.41) is 7.79. The molecule has 238 valence electrons. The van der Waals surface area contributed by atoms with Crippen LogP contribution in [0.15, 0.2) is 176 Å². The van der Waals surface area contributed by atoms with E-state index < -0.39 is 0 Å². The number of benzene rings is 8. The monoisotopic (exact) mass is 683 g/mol. The van der Waals surface area contributed by atoms with E-state index in [2.05, 4.69) is 180 Å². The Labute approximate surface area is 302 Å². The number of nitrogens with zero attached hydrogens (tertiary/aromatic N) is 1. The molecule has 3 heteroatoms. The molecule has 0 amide bonds. The van der Waals surface area contributed by atoms with Crippen molar-refractivity contribution >= 4 is 84.8 Å². The van der Waals surface area contributed by atoms with Gasteiger partial charge in [0.05, 0.1) is 11.0 Å². The highest BCUT2D eigenvalue weighted by Crippen LogP contribution is 2.45. The van der Waals surface area contributed by atoms with E-state index in [1.54, 1.807) is 0 Å². The molecule has 0 atom stereocenters. The minimum atomic E-state index is 1.16. The summed E-state index contributed by atoms with van der Waals surface area (Å²) in [7, 11) is 0. The summed E-state index contributed by atoms with van der Waals surface area (Å²) < 4.78 is 7.75. The number of rotatable bonds is 4. The van der Waals surface area contributed by atoms with Gasteiger partial charge in [-0.2, -0.15) is 0 Å². The van der Waals surface area contributed by atoms with Crippen LogP contribution >= 0.6 is 22.7 Å². The standard InChI is InChI=1S/C48H29NS2/c1-2-10-30(11-3-1)31-18-22-34(23-19-31)49-43-15-7-4-12-35(43)40-28-38(32-20-24-47-41(26-32)36-13-5-8-16-45(36)50-47)39(29-44(40)49)33-21-25-48-42(27-33)37-14-6-9-17-46(37)51-48/h1-29H. The van der Waals surface area contributed by atoms with Crippen molar-refractivity contribution in [3.63, 3.8) is 0 Å². The van der Waals surface area contributed by atoms with Gasteiger partial charge in [-0.15, -0.1) is 22.7 Å². The second kappa shape index (κ2) is 11.3. The van der Waals surface area contributed by atoms with Gasteiger partial charge in [0, 0.05) is 56.8 Å². The van der Waals surface area contributed by atoms with E-state index in [0.29, 0.717) is 0 Å². The summed E-state index contributed by atoms with van der Waals surface area (Å²) in [6.45, 7) is 0. The zero-order valence-electron chi connectivity index (χ0n) is 27.5. The Hall–Kier alpha value is -6.00. The summed E-state index contributed by atoms with van der Waals surface area (Å²) in [6.07, 6.45) is 0. The molecule has 0 aliphatic heterocycles. The summed E-state index contributed by atoms with van der Waals surface area (Å²) in [4.78, 5) is 0. The first kappa shape index (κ1) is 28.8. The van der Waals surface area contributed by atoms with Crippen LogP contribution in [0.1, 0.15) is 0 Å². The van der Waals surface area contributed by atoms with Crippen LogP contribution in [-0.4, -0.2) is 4.57 Å². The van der Waals surface area contributed by atoms with E-state index >= 15 is 0 Å². The molecule has 0 radical (unpaired) electrons. The topological polar surface area (TPSA) is 4.93 Å². The van der Waals surface area contributed by atoms with Gasteiger partial charge in [-0.3, -0.25) is 0 Å². The lowest BCUT2D eigenvalue weighted by Gasteiger charge is -2.14. The number of hydrogen-bond acceptors (Lipinski definition) is 2. The van der Waals surface area contributed by atoms with Crippen LogP contribution in [0.4, 0.5) is 0 Å². The first-order valence-corrected chi connectivity index (χ1v) is 19.0. The van der Waals surface area contributed by atoms with Crippen LogP contribution in [-0.2, 0) is 0 Å². The van der Waals surface area contributed by atoms with Crippen molar-refractivity contribution in [3.8, 4) is 39.1 Å². The van der Waals surface area contributed by atoms with Gasteiger partial charge in [0.25, 0.3) is 0 Å². The van der Waals surface area contributed by atoms with Gasteiger partial charge in [-0.05, 0) is 100 Å². The van der Waals surface area contributed by atoms with E-state index in [-0.39, 0.29) is 0 Å². The molecule has 0 aliphatic carbocycles. The summed E-state index contributed by atoms with van der Waals surface area (Å²) >= 11 is 3.74. The normalized spacial score (nSPS) is 11.9. The fraction of sp³-hybridized carbons (Fsp3) is 0. The molecule has 0 spiro atoms. The molecule has 0 bridgehead atoms. The summed E-state index contributed by atoms with van der Waals surface area (Å²) in [5.74, 6) is 0. The van der Waals surface area contributed by atoms with Gasteiger partial charge in [0.2, 0.25) is 0 Å². The molecule has 1 nitrogen and oxygen atoms in total. The quantitative estimate of drug-likeness (QED) is 0.174. The zero-order valence-corrected chi connectivity index (χ0v) is 29.1. The van der Waals surface area contributed by atoms with Crippen molar-refractivity contribution in [2.24, 2.45) is 0 Å². The van der Waals surface area contributed by atoms with Crippen molar-refractivity contribution in [2.45, 2.75) is 0 Å². The van der Waals surface area contributed by atoms with Crippen LogP contribution < -0.4 is 0 Å². The summed E-state index contributed by atoms with van der Waals surface area (Å²) in [5.41, 5.74) is 11.0. The average Bonchev–Trinajstić information content (AvgIpc) is 3.86. The maximum atomic E-state index is 2.45. The Morgan fingerprint density at radius 1 is 0.294 bits per heavy atom. The highest BCUT2D eigenvalue weighted by atomic mass is 32.1. The van der Waals surface area contributed by atoms with E-state index in [1.165, 1.54) is 95.5 Å². The molecule has 3 aromatic heterocycles. The maximum Gasteiger partial charge on any atom is 0.0547 e. The van der Waals surface area contributed by atoms with Gasteiger partial charge in [-0.1, -0.05) is 109 Å². The smallest absolute Gasteiger partial charge is 0.0547 e. The average molecular weight is 684 g/mol. The van der Waals surface area contributed by atoms with Gasteiger partial charge < -0.3 is 4.57 Å². The molecular weight excluding hydrogens is 655 g/mol. The third-order valence-corrected chi connectivity index (χ3v) is 12.7. The fourth-order valence-electron chi connectivity index (χ4n) is 7.99. The first-order chi connectivity index (χ1) is 25.3. The Kier molecular flexibility index (Phi) is 6.36. The lowest BCUT2D eigenvalue weighted by atomic mass is 9.91. The van der Waals surface area contributed by atoms with Gasteiger partial charge >= 0.3 is 0 Å². The van der Waals surface area contributed by atoms with Gasteiger partial charge in [-0.25, -0.2) is 0 Å². The van der Waals surface area contributed by atoms with Crippen LogP contribution in [0.3, 0.4) is 0 Å². The molecule has 51 heavy (non-hydrogen) atoms. The van der Waals surface area contributed by atoms with Crippen molar-refractivity contribution in [1.82, 2.24) is 4.57 Å². The fourth-order valence-corrected chi connectivity index (χ4v) is 10.2. The number of para-hydroxylation sites is 1. The zero-order chi connectivity index (χ0) is 33.5. The third-order valence-electron chi connectivity index (χ3n) is 10.4. The van der Waals surface area contributed by atoms with Crippen molar-refractivity contribution < 1.29 is 0 Å². The predicted molar refractivity (Wildman–Crippen MR) is 223 cm³/mol. The predicted octanol–water partition coefficient (Wildman–Crippen LogP) is 14.5. The van der Waals surface area contributed by atoms with Crippen molar-refractivity contribution in [2.75, 3.05) is 0 Å². The molecule has 11 aromatic rings. The molecule has 0 N–H and O–H groups in total. The minimum absolute atomic E-state index is 1.16. The number of aromatic nitrogens is 1. The molecular formula is C48H29NS2. The van der Waals surface area contributed by atoms with E-state index in [4.69, 9.17) is 0 Å². The van der Waals surface area contributed by atoms with Crippen molar-refractivity contribution in [1.29, 1.82) is 0 Å². The van der Waals surface area contributed by atoms with E-state index in [9.17, 15) is 0 Å². The lowest BCUT2D eigenvalue weighted by molar-refractivity contribution is 1.18.